The van der Waals surface area contributed by atoms with Gasteiger partial charge in [-0.2, -0.15) is 0 Å². The smallest absolute Gasteiger partial charge is 0.165 e. The Hall–Kier alpha value is -1.81. The number of hydrogen-bond donors (Lipinski definition) is 0. The minimum atomic E-state index is -0.555. The molecule has 19 heavy (non-hydrogen) atoms. The Morgan fingerprint density at radius 3 is 2.47 bits per heavy atom. The maximum absolute atomic E-state index is 13.4. The van der Waals surface area contributed by atoms with Crippen molar-refractivity contribution in [2.24, 2.45) is 0 Å². The summed E-state index contributed by atoms with van der Waals surface area (Å²) < 4.78 is 36.8. The molecule has 0 spiro atoms. The molecule has 0 fully saturated rings. The van der Waals surface area contributed by atoms with Gasteiger partial charge in [-0.05, 0) is 29.8 Å². The Bertz CT molecular complexity index is 588. The summed E-state index contributed by atoms with van der Waals surface area (Å²) in [7, 11) is 1.39. The molecule has 0 saturated carbocycles. The third-order valence-electron chi connectivity index (χ3n) is 2.51. The van der Waals surface area contributed by atoms with E-state index in [4.69, 9.17) is 21.1 Å². The minimum Gasteiger partial charge on any atom is -0.494 e. The molecule has 5 heteroatoms. The van der Waals surface area contributed by atoms with Crippen LogP contribution in [0, 0.1) is 11.6 Å². The molecule has 0 heterocycles. The summed E-state index contributed by atoms with van der Waals surface area (Å²) in [5, 5.41) is 0.0304. The first-order valence-electron chi connectivity index (χ1n) is 5.50. The summed E-state index contributed by atoms with van der Waals surface area (Å²) in [5.41, 5.74) is 0.619. The molecule has 0 amide bonds. The molecular formula is C14H11ClF2O2. The molecule has 0 saturated heterocycles. The van der Waals surface area contributed by atoms with Crippen molar-refractivity contribution >= 4 is 11.6 Å². The van der Waals surface area contributed by atoms with Crippen LogP contribution in [0.25, 0.3) is 0 Å². The highest BCUT2D eigenvalue weighted by atomic mass is 35.5. The van der Waals surface area contributed by atoms with Crippen molar-refractivity contribution < 1.29 is 18.3 Å². The molecule has 0 radical (unpaired) electrons. The quantitative estimate of drug-likeness (QED) is 0.837. The lowest BCUT2D eigenvalue weighted by atomic mass is 10.2. The topological polar surface area (TPSA) is 18.5 Å². The van der Waals surface area contributed by atoms with Crippen LogP contribution in [0.15, 0.2) is 36.4 Å². The van der Waals surface area contributed by atoms with Crippen molar-refractivity contribution in [1.29, 1.82) is 0 Å². The van der Waals surface area contributed by atoms with Crippen molar-refractivity contribution in [2.75, 3.05) is 7.11 Å². The van der Waals surface area contributed by atoms with E-state index in [9.17, 15) is 8.78 Å². The fraction of sp³-hybridized carbons (Fsp3) is 0.143. The standard InChI is InChI=1S/C14H11ClF2O2/c1-18-14-5-2-9(6-13(14)17)8-19-10-3-4-11(15)12(16)7-10/h2-7H,8H2,1H3. The largest absolute Gasteiger partial charge is 0.494 e. The van der Waals surface area contributed by atoms with Crippen molar-refractivity contribution in [3.05, 3.63) is 58.6 Å². The SMILES string of the molecule is COc1ccc(COc2ccc(Cl)c(F)c2)cc1F. The zero-order valence-electron chi connectivity index (χ0n) is 10.1. The number of halogens is 3. The van der Waals surface area contributed by atoms with E-state index in [0.29, 0.717) is 11.3 Å². The Balaban J connectivity index is 2.05. The predicted molar refractivity (Wildman–Crippen MR) is 68.7 cm³/mol. The first kappa shape index (κ1) is 13.6. The van der Waals surface area contributed by atoms with Crippen LogP contribution < -0.4 is 9.47 Å². The first-order valence-corrected chi connectivity index (χ1v) is 5.88. The molecule has 2 nitrogen and oxygen atoms in total. The average molecular weight is 285 g/mol. The fourth-order valence-corrected chi connectivity index (χ4v) is 1.65. The normalized spacial score (nSPS) is 10.3. The molecule has 0 N–H and O–H groups in total. The summed E-state index contributed by atoms with van der Waals surface area (Å²) in [6.45, 7) is 0.127. The van der Waals surface area contributed by atoms with E-state index in [-0.39, 0.29) is 17.4 Å². The summed E-state index contributed by atoms with van der Waals surface area (Å²) >= 11 is 5.56. The summed E-state index contributed by atoms with van der Waals surface area (Å²) in [6.07, 6.45) is 0. The number of methoxy groups -OCH3 is 1. The van der Waals surface area contributed by atoms with Gasteiger partial charge in [0, 0.05) is 6.07 Å². The molecule has 0 unspecified atom stereocenters. The van der Waals surface area contributed by atoms with Gasteiger partial charge in [-0.25, -0.2) is 8.78 Å². The molecule has 0 aromatic heterocycles. The van der Waals surface area contributed by atoms with E-state index in [1.54, 1.807) is 12.1 Å². The predicted octanol–water partition coefficient (Wildman–Crippen LogP) is 4.21. The Morgan fingerprint density at radius 1 is 1.05 bits per heavy atom. The van der Waals surface area contributed by atoms with Crippen LogP contribution >= 0.6 is 11.6 Å². The van der Waals surface area contributed by atoms with Crippen molar-refractivity contribution in [3.63, 3.8) is 0 Å². The minimum absolute atomic E-state index is 0.0304. The molecular weight excluding hydrogens is 274 g/mol. The summed E-state index contributed by atoms with van der Waals surface area (Å²) in [5.74, 6) is -0.523. The van der Waals surface area contributed by atoms with Crippen LogP contribution in [0.4, 0.5) is 8.78 Å². The van der Waals surface area contributed by atoms with Gasteiger partial charge in [-0.1, -0.05) is 17.7 Å². The van der Waals surface area contributed by atoms with Gasteiger partial charge >= 0.3 is 0 Å². The van der Waals surface area contributed by atoms with Crippen LogP contribution in [-0.2, 0) is 6.61 Å². The first-order chi connectivity index (χ1) is 9.10. The second-order valence-corrected chi connectivity index (χ2v) is 4.24. The second-order valence-electron chi connectivity index (χ2n) is 3.83. The number of benzene rings is 2. The van der Waals surface area contributed by atoms with Crippen molar-refractivity contribution in [2.45, 2.75) is 6.61 Å². The zero-order chi connectivity index (χ0) is 13.8. The second kappa shape index (κ2) is 5.89. The lowest BCUT2D eigenvalue weighted by Crippen LogP contribution is -1.97. The maximum Gasteiger partial charge on any atom is 0.165 e. The van der Waals surface area contributed by atoms with Crippen LogP contribution in [0.3, 0.4) is 0 Å². The molecule has 0 aliphatic carbocycles. The molecule has 2 rings (SSSR count). The average Bonchev–Trinajstić information content (AvgIpc) is 2.40. The van der Waals surface area contributed by atoms with Gasteiger partial charge in [0.1, 0.15) is 18.2 Å². The molecule has 2 aromatic carbocycles. The molecule has 0 atom stereocenters. The van der Waals surface area contributed by atoms with Gasteiger partial charge in [0.15, 0.2) is 11.6 Å². The third kappa shape index (κ3) is 3.35. The van der Waals surface area contributed by atoms with Gasteiger partial charge in [-0.3, -0.25) is 0 Å². The Labute approximate surface area is 114 Å². The fourth-order valence-electron chi connectivity index (χ4n) is 1.53. The summed E-state index contributed by atoms with van der Waals surface area (Å²) in [6, 6.07) is 8.63. The number of ether oxygens (including phenoxy) is 2. The van der Waals surface area contributed by atoms with E-state index in [1.165, 1.54) is 31.4 Å². The molecule has 0 aliphatic heterocycles. The monoisotopic (exact) mass is 284 g/mol. The van der Waals surface area contributed by atoms with E-state index in [1.807, 2.05) is 0 Å². The van der Waals surface area contributed by atoms with E-state index in [2.05, 4.69) is 0 Å². The molecule has 100 valence electrons. The van der Waals surface area contributed by atoms with Gasteiger partial charge in [-0.15, -0.1) is 0 Å². The highest BCUT2D eigenvalue weighted by molar-refractivity contribution is 6.30. The Morgan fingerprint density at radius 2 is 1.84 bits per heavy atom. The highest BCUT2D eigenvalue weighted by Gasteiger charge is 2.05. The number of rotatable bonds is 4. The molecule has 0 aliphatic rings. The van der Waals surface area contributed by atoms with Gasteiger partial charge < -0.3 is 9.47 Å². The van der Waals surface area contributed by atoms with Crippen LogP contribution in [-0.4, -0.2) is 7.11 Å². The van der Waals surface area contributed by atoms with Gasteiger partial charge in [0.05, 0.1) is 12.1 Å². The molecule has 0 bridgehead atoms. The lowest BCUT2D eigenvalue weighted by molar-refractivity contribution is 0.303. The maximum atomic E-state index is 13.4. The summed E-state index contributed by atoms with van der Waals surface area (Å²) in [4.78, 5) is 0. The van der Waals surface area contributed by atoms with E-state index in [0.717, 1.165) is 0 Å². The number of hydrogen-bond acceptors (Lipinski definition) is 2. The lowest BCUT2D eigenvalue weighted by Gasteiger charge is -2.08. The van der Waals surface area contributed by atoms with Crippen LogP contribution in [0.5, 0.6) is 11.5 Å². The van der Waals surface area contributed by atoms with Gasteiger partial charge in [0.25, 0.3) is 0 Å². The molecule has 2 aromatic rings. The van der Waals surface area contributed by atoms with Crippen molar-refractivity contribution in [3.8, 4) is 11.5 Å². The highest BCUT2D eigenvalue weighted by Crippen LogP contribution is 2.22. The van der Waals surface area contributed by atoms with Crippen molar-refractivity contribution in [1.82, 2.24) is 0 Å². The van der Waals surface area contributed by atoms with E-state index >= 15 is 0 Å². The third-order valence-corrected chi connectivity index (χ3v) is 2.82. The zero-order valence-corrected chi connectivity index (χ0v) is 10.9. The van der Waals surface area contributed by atoms with Crippen LogP contribution in [0.1, 0.15) is 5.56 Å². The van der Waals surface area contributed by atoms with Gasteiger partial charge in [0.2, 0.25) is 0 Å². The van der Waals surface area contributed by atoms with Crippen LogP contribution in [0.2, 0.25) is 5.02 Å². The van der Waals surface area contributed by atoms with E-state index < -0.39 is 11.6 Å². The Kier molecular flexibility index (Phi) is 4.22.